The number of hydrogen-bond acceptors (Lipinski definition) is 6. The summed E-state index contributed by atoms with van der Waals surface area (Å²) < 4.78 is 21.3. The number of nitrogens with one attached hydrogen (secondary N) is 1. The first-order valence-corrected chi connectivity index (χ1v) is 11.4. The Hall–Kier alpha value is -3.42. The summed E-state index contributed by atoms with van der Waals surface area (Å²) >= 11 is 0. The second-order valence-electron chi connectivity index (χ2n) is 8.68. The highest BCUT2D eigenvalue weighted by Gasteiger charge is 2.35. The molecule has 1 N–H and O–H groups in total. The molecule has 8 heteroatoms. The number of amides is 2. The second kappa shape index (κ2) is 11.1. The van der Waals surface area contributed by atoms with Crippen LogP contribution in [0.1, 0.15) is 43.0 Å². The molecule has 0 fully saturated rings. The number of ether oxygens (including phenoxy) is 4. The fourth-order valence-electron chi connectivity index (χ4n) is 4.37. The summed E-state index contributed by atoms with van der Waals surface area (Å²) in [7, 11) is 6.14. The predicted octanol–water partition coefficient (Wildman–Crippen LogP) is 3.96. The average Bonchev–Trinajstić information content (AvgIpc) is 2.85. The van der Waals surface area contributed by atoms with Crippen molar-refractivity contribution in [1.29, 1.82) is 0 Å². The molecule has 34 heavy (non-hydrogen) atoms. The zero-order valence-corrected chi connectivity index (χ0v) is 20.7. The van der Waals surface area contributed by atoms with Crippen molar-refractivity contribution in [2.45, 2.75) is 38.8 Å². The van der Waals surface area contributed by atoms with Crippen LogP contribution in [0, 0.1) is 5.92 Å². The Morgan fingerprint density at radius 2 is 1.65 bits per heavy atom. The summed E-state index contributed by atoms with van der Waals surface area (Å²) in [5.41, 5.74) is 2.94. The maximum atomic E-state index is 13.5. The predicted molar refractivity (Wildman–Crippen MR) is 129 cm³/mol. The molecule has 2 aromatic rings. The third-order valence-corrected chi connectivity index (χ3v) is 6.06. The van der Waals surface area contributed by atoms with Crippen LogP contribution < -0.4 is 19.5 Å². The Bertz CT molecular complexity index is 1010. The Balaban J connectivity index is 2.03. The second-order valence-corrected chi connectivity index (χ2v) is 8.68. The van der Waals surface area contributed by atoms with Gasteiger partial charge in [-0.15, -0.1) is 0 Å². The molecule has 0 bridgehead atoms. The smallest absolute Gasteiger partial charge is 0.328 e. The first kappa shape index (κ1) is 25.2. The number of methoxy groups -OCH3 is 4. The van der Waals surface area contributed by atoms with Crippen molar-refractivity contribution < 1.29 is 28.5 Å². The fraction of sp³-hybridized carbons (Fsp3) is 0.462. The fourth-order valence-corrected chi connectivity index (χ4v) is 4.37. The van der Waals surface area contributed by atoms with Crippen molar-refractivity contribution >= 4 is 12.0 Å². The minimum Gasteiger partial charge on any atom is -0.497 e. The lowest BCUT2D eigenvalue weighted by Gasteiger charge is -2.38. The van der Waals surface area contributed by atoms with Crippen LogP contribution in [-0.2, 0) is 16.0 Å². The number of benzene rings is 2. The van der Waals surface area contributed by atoms with Crippen molar-refractivity contribution in [3.63, 3.8) is 0 Å². The molecule has 2 amide bonds. The standard InChI is InChI=1S/C26H34N2O6/c1-16(2)13-21(25(29)34-6)27-26(30)28-12-11-18-14-22(32-4)23(33-5)15-20(18)24(28)17-7-9-19(31-3)10-8-17/h7-10,14-16,21,24H,11-13H2,1-6H3,(H,27,30). The van der Waals surface area contributed by atoms with Crippen LogP contribution in [0.3, 0.4) is 0 Å². The Labute approximate surface area is 201 Å². The SMILES string of the molecule is COC(=O)C(CC(C)C)NC(=O)N1CCc2cc(OC)c(OC)cc2C1c1ccc(OC)cc1. The zero-order chi connectivity index (χ0) is 24.8. The van der Waals surface area contributed by atoms with Gasteiger partial charge in [0.05, 0.1) is 34.5 Å². The summed E-state index contributed by atoms with van der Waals surface area (Å²) in [5, 5.41) is 2.90. The molecule has 0 aromatic heterocycles. The van der Waals surface area contributed by atoms with Gasteiger partial charge in [0, 0.05) is 6.54 Å². The van der Waals surface area contributed by atoms with Gasteiger partial charge >= 0.3 is 12.0 Å². The number of fused-ring (bicyclic) bond motifs is 1. The van der Waals surface area contributed by atoms with E-state index in [4.69, 9.17) is 18.9 Å². The quantitative estimate of drug-likeness (QED) is 0.588. The largest absolute Gasteiger partial charge is 0.497 e. The molecule has 1 aliphatic heterocycles. The highest BCUT2D eigenvalue weighted by molar-refractivity contribution is 5.84. The van der Waals surface area contributed by atoms with Gasteiger partial charge in [-0.2, -0.15) is 0 Å². The zero-order valence-electron chi connectivity index (χ0n) is 20.7. The number of hydrogen-bond donors (Lipinski definition) is 1. The van der Waals surface area contributed by atoms with Crippen molar-refractivity contribution in [3.8, 4) is 17.2 Å². The van der Waals surface area contributed by atoms with E-state index in [2.05, 4.69) is 5.32 Å². The highest BCUT2D eigenvalue weighted by Crippen LogP contribution is 2.41. The number of carbonyl (C=O) groups excluding carboxylic acids is 2. The van der Waals surface area contributed by atoms with Crippen LogP contribution in [-0.4, -0.2) is 57.9 Å². The van der Waals surface area contributed by atoms with Gasteiger partial charge < -0.3 is 29.2 Å². The summed E-state index contributed by atoms with van der Waals surface area (Å²) in [6.07, 6.45) is 1.13. The van der Waals surface area contributed by atoms with E-state index in [1.807, 2.05) is 50.2 Å². The number of esters is 1. The molecule has 0 radical (unpaired) electrons. The van der Waals surface area contributed by atoms with Crippen LogP contribution >= 0.6 is 0 Å². The van der Waals surface area contributed by atoms with Crippen LogP contribution in [0.25, 0.3) is 0 Å². The van der Waals surface area contributed by atoms with Gasteiger partial charge in [-0.25, -0.2) is 9.59 Å². The van der Waals surface area contributed by atoms with Gasteiger partial charge in [0.25, 0.3) is 0 Å². The first-order valence-electron chi connectivity index (χ1n) is 11.4. The van der Waals surface area contributed by atoms with Crippen LogP contribution in [0.15, 0.2) is 36.4 Å². The third-order valence-electron chi connectivity index (χ3n) is 6.06. The van der Waals surface area contributed by atoms with E-state index in [0.717, 1.165) is 22.4 Å². The van der Waals surface area contributed by atoms with E-state index in [1.165, 1.54) is 7.11 Å². The third kappa shape index (κ3) is 5.38. The molecule has 0 spiro atoms. The van der Waals surface area contributed by atoms with Crippen molar-refractivity contribution in [2.75, 3.05) is 35.0 Å². The van der Waals surface area contributed by atoms with Crippen LogP contribution in [0.4, 0.5) is 4.79 Å². The number of urea groups is 1. The van der Waals surface area contributed by atoms with Gasteiger partial charge in [0.15, 0.2) is 11.5 Å². The van der Waals surface area contributed by atoms with E-state index in [1.54, 1.807) is 26.2 Å². The summed E-state index contributed by atoms with van der Waals surface area (Å²) in [5.74, 6) is 1.72. The molecule has 2 aromatic carbocycles. The minimum atomic E-state index is -0.721. The topological polar surface area (TPSA) is 86.3 Å². The van der Waals surface area contributed by atoms with Crippen molar-refractivity contribution in [2.24, 2.45) is 5.92 Å². The lowest BCUT2D eigenvalue weighted by molar-refractivity contribution is -0.143. The van der Waals surface area contributed by atoms with Gasteiger partial charge in [-0.05, 0) is 59.7 Å². The van der Waals surface area contributed by atoms with Crippen molar-refractivity contribution in [1.82, 2.24) is 10.2 Å². The average molecular weight is 471 g/mol. The van der Waals surface area contributed by atoms with E-state index >= 15 is 0 Å². The van der Waals surface area contributed by atoms with E-state index in [9.17, 15) is 9.59 Å². The Morgan fingerprint density at radius 3 is 2.21 bits per heavy atom. The highest BCUT2D eigenvalue weighted by atomic mass is 16.5. The molecule has 0 saturated heterocycles. The van der Waals surface area contributed by atoms with E-state index in [-0.39, 0.29) is 18.0 Å². The number of rotatable bonds is 8. The van der Waals surface area contributed by atoms with Gasteiger partial charge in [0.2, 0.25) is 0 Å². The summed E-state index contributed by atoms with van der Waals surface area (Å²) in [4.78, 5) is 27.6. The molecule has 1 heterocycles. The lowest BCUT2D eigenvalue weighted by Crippen LogP contribution is -2.51. The summed E-state index contributed by atoms with van der Waals surface area (Å²) in [6, 6.07) is 10.1. The molecular weight excluding hydrogens is 436 g/mol. The molecule has 3 rings (SSSR count). The van der Waals surface area contributed by atoms with E-state index in [0.29, 0.717) is 30.9 Å². The molecular formula is C26H34N2O6. The molecule has 2 atom stereocenters. The van der Waals surface area contributed by atoms with Crippen LogP contribution in [0.2, 0.25) is 0 Å². The monoisotopic (exact) mass is 470 g/mol. The molecule has 184 valence electrons. The minimum absolute atomic E-state index is 0.209. The molecule has 0 saturated carbocycles. The normalized spacial score (nSPS) is 15.9. The van der Waals surface area contributed by atoms with Gasteiger partial charge in [-0.3, -0.25) is 0 Å². The molecule has 0 aliphatic carbocycles. The summed E-state index contributed by atoms with van der Waals surface area (Å²) in [6.45, 7) is 4.47. The molecule has 1 aliphatic rings. The Kier molecular flexibility index (Phi) is 8.26. The maximum Gasteiger partial charge on any atom is 0.328 e. The first-order chi connectivity index (χ1) is 16.3. The molecule has 2 unspecified atom stereocenters. The van der Waals surface area contributed by atoms with Crippen molar-refractivity contribution in [3.05, 3.63) is 53.1 Å². The van der Waals surface area contributed by atoms with E-state index < -0.39 is 12.0 Å². The van der Waals surface area contributed by atoms with Gasteiger partial charge in [-0.1, -0.05) is 26.0 Å². The molecule has 8 nitrogen and oxygen atoms in total. The number of carbonyl (C=O) groups is 2. The van der Waals surface area contributed by atoms with Crippen LogP contribution in [0.5, 0.6) is 17.2 Å². The lowest BCUT2D eigenvalue weighted by atomic mass is 9.87. The maximum absolute atomic E-state index is 13.5. The number of nitrogens with zero attached hydrogens (tertiary/aromatic N) is 1. The Morgan fingerprint density at radius 1 is 1.00 bits per heavy atom. The van der Waals surface area contributed by atoms with Gasteiger partial charge in [0.1, 0.15) is 11.8 Å².